The van der Waals surface area contributed by atoms with Crippen molar-refractivity contribution in [2.24, 2.45) is 5.73 Å². The summed E-state index contributed by atoms with van der Waals surface area (Å²) in [6, 6.07) is 8.35. The number of nitrogens with zero attached hydrogens (tertiary/aromatic N) is 2. The second kappa shape index (κ2) is 7.10. The van der Waals surface area contributed by atoms with Crippen LogP contribution in [0.25, 0.3) is 0 Å². The molecule has 1 unspecified atom stereocenters. The molecule has 1 aromatic heterocycles. The van der Waals surface area contributed by atoms with Gasteiger partial charge >= 0.3 is 0 Å². The second-order valence-electron chi connectivity index (χ2n) is 5.81. The summed E-state index contributed by atoms with van der Waals surface area (Å²) >= 11 is 1.42. The van der Waals surface area contributed by atoms with E-state index in [-0.39, 0.29) is 11.9 Å². The number of hydrogen-bond donors (Lipinski definition) is 2. The van der Waals surface area contributed by atoms with Crippen molar-refractivity contribution in [3.63, 3.8) is 0 Å². The summed E-state index contributed by atoms with van der Waals surface area (Å²) in [5.74, 6) is -0.153. The lowest BCUT2D eigenvalue weighted by Crippen LogP contribution is -2.27. The molecule has 1 aromatic carbocycles. The van der Waals surface area contributed by atoms with E-state index in [1.807, 2.05) is 6.92 Å². The Bertz CT molecular complexity index is 679. The first-order valence-electron chi connectivity index (χ1n) is 7.97. The zero-order valence-corrected chi connectivity index (χ0v) is 14.1. The number of hydrogen-bond acceptors (Lipinski definition) is 5. The molecule has 122 valence electrons. The van der Waals surface area contributed by atoms with E-state index in [4.69, 9.17) is 5.73 Å². The lowest BCUT2D eigenvalue weighted by molar-refractivity contribution is 0.0935. The molecule has 1 saturated heterocycles. The van der Waals surface area contributed by atoms with Crippen LogP contribution in [0.3, 0.4) is 0 Å². The van der Waals surface area contributed by atoms with Crippen molar-refractivity contribution < 1.29 is 4.79 Å². The summed E-state index contributed by atoms with van der Waals surface area (Å²) in [5, 5.41) is 5.55. The van der Waals surface area contributed by atoms with Crippen LogP contribution in [0.2, 0.25) is 0 Å². The number of anilines is 1. The molecule has 6 heteroatoms. The van der Waals surface area contributed by atoms with Crippen LogP contribution in [0, 0.1) is 0 Å². The number of nitrogens with one attached hydrogen (secondary N) is 1. The monoisotopic (exact) mass is 330 g/mol. The molecule has 0 bridgehead atoms. The predicted octanol–water partition coefficient (Wildman–Crippen LogP) is 2.69. The summed E-state index contributed by atoms with van der Waals surface area (Å²) in [4.78, 5) is 18.9. The molecular weight excluding hydrogens is 308 g/mol. The van der Waals surface area contributed by atoms with Gasteiger partial charge in [0.05, 0.1) is 6.04 Å². The number of aromatic nitrogens is 1. The standard InChI is InChI=1S/C17H22N4OS/c1-12(19-17(22)15-11-23-16(10-18)20-15)13-5-4-6-14(9-13)21-7-2-3-8-21/h4-6,9,11-12H,2-3,7-8,10,18H2,1H3,(H,19,22). The molecule has 3 N–H and O–H groups in total. The molecule has 23 heavy (non-hydrogen) atoms. The Morgan fingerprint density at radius 1 is 1.43 bits per heavy atom. The normalized spacial score (nSPS) is 15.7. The summed E-state index contributed by atoms with van der Waals surface area (Å²) in [6.07, 6.45) is 2.51. The highest BCUT2D eigenvalue weighted by Gasteiger charge is 2.16. The van der Waals surface area contributed by atoms with Crippen molar-refractivity contribution in [2.75, 3.05) is 18.0 Å². The number of carbonyl (C=O) groups excluding carboxylic acids is 1. The topological polar surface area (TPSA) is 71.2 Å². The number of nitrogens with two attached hydrogens (primary N) is 1. The van der Waals surface area contributed by atoms with Crippen LogP contribution in [0.15, 0.2) is 29.6 Å². The van der Waals surface area contributed by atoms with Crippen molar-refractivity contribution >= 4 is 22.9 Å². The number of amides is 1. The molecule has 1 aliphatic rings. The molecule has 0 aliphatic carbocycles. The van der Waals surface area contributed by atoms with Gasteiger partial charge in [0.25, 0.3) is 5.91 Å². The molecule has 2 heterocycles. The Labute approximate surface area is 140 Å². The minimum absolute atomic E-state index is 0.0620. The molecule has 1 fully saturated rings. The SMILES string of the molecule is CC(NC(=O)c1csc(CN)n1)c1cccc(N2CCCC2)c1. The van der Waals surface area contributed by atoms with Gasteiger partial charge in [0.2, 0.25) is 0 Å². The fourth-order valence-electron chi connectivity index (χ4n) is 2.83. The second-order valence-corrected chi connectivity index (χ2v) is 6.76. The summed E-state index contributed by atoms with van der Waals surface area (Å²) in [6.45, 7) is 4.60. The van der Waals surface area contributed by atoms with Gasteiger partial charge in [-0.2, -0.15) is 0 Å². The van der Waals surface area contributed by atoms with Gasteiger partial charge in [0, 0.05) is 30.7 Å². The Morgan fingerprint density at radius 2 is 2.22 bits per heavy atom. The summed E-state index contributed by atoms with van der Waals surface area (Å²) < 4.78 is 0. The van der Waals surface area contributed by atoms with Gasteiger partial charge in [0.1, 0.15) is 10.7 Å². The van der Waals surface area contributed by atoms with Crippen LogP contribution in [-0.2, 0) is 6.54 Å². The van der Waals surface area contributed by atoms with E-state index in [0.717, 1.165) is 23.7 Å². The Kier molecular flexibility index (Phi) is 4.93. The first-order chi connectivity index (χ1) is 11.2. The molecule has 2 aromatic rings. The van der Waals surface area contributed by atoms with Crippen LogP contribution < -0.4 is 16.0 Å². The molecule has 1 atom stereocenters. The van der Waals surface area contributed by atoms with E-state index in [0.29, 0.717) is 12.2 Å². The Morgan fingerprint density at radius 3 is 2.91 bits per heavy atom. The van der Waals surface area contributed by atoms with Crippen LogP contribution in [0.5, 0.6) is 0 Å². The maximum Gasteiger partial charge on any atom is 0.271 e. The largest absolute Gasteiger partial charge is 0.372 e. The maximum atomic E-state index is 12.3. The molecule has 1 aliphatic heterocycles. The van der Waals surface area contributed by atoms with Crippen LogP contribution >= 0.6 is 11.3 Å². The number of thiazole rings is 1. The smallest absolute Gasteiger partial charge is 0.271 e. The first-order valence-corrected chi connectivity index (χ1v) is 8.85. The third-order valence-corrected chi connectivity index (χ3v) is 5.02. The lowest BCUT2D eigenvalue weighted by atomic mass is 10.1. The molecule has 0 spiro atoms. The fourth-order valence-corrected chi connectivity index (χ4v) is 3.48. The molecule has 1 amide bonds. The van der Waals surface area contributed by atoms with Crippen molar-refractivity contribution in [1.29, 1.82) is 0 Å². The zero-order valence-electron chi connectivity index (χ0n) is 13.3. The number of benzene rings is 1. The Balaban J connectivity index is 1.68. The first kappa shape index (κ1) is 16.0. The number of carbonyl (C=O) groups is 1. The van der Waals surface area contributed by atoms with Gasteiger partial charge in [-0.25, -0.2) is 4.98 Å². The van der Waals surface area contributed by atoms with Crippen LogP contribution in [0.1, 0.15) is 46.9 Å². The highest BCUT2D eigenvalue weighted by molar-refractivity contribution is 7.09. The van der Waals surface area contributed by atoms with Crippen molar-refractivity contribution in [1.82, 2.24) is 10.3 Å². The third kappa shape index (κ3) is 3.71. The number of rotatable bonds is 5. The highest BCUT2D eigenvalue weighted by atomic mass is 32.1. The molecule has 5 nitrogen and oxygen atoms in total. The van der Waals surface area contributed by atoms with Crippen molar-refractivity contribution in [3.05, 3.63) is 45.9 Å². The summed E-state index contributed by atoms with van der Waals surface area (Å²) in [7, 11) is 0. The minimum atomic E-state index is -0.153. The molecule has 3 rings (SSSR count). The molecular formula is C17H22N4OS. The molecule has 0 saturated carbocycles. The van der Waals surface area contributed by atoms with Crippen LogP contribution in [0.4, 0.5) is 5.69 Å². The van der Waals surface area contributed by atoms with Gasteiger partial charge in [-0.15, -0.1) is 11.3 Å². The highest BCUT2D eigenvalue weighted by Crippen LogP contribution is 2.24. The quantitative estimate of drug-likeness (QED) is 0.884. The zero-order chi connectivity index (χ0) is 16.2. The van der Waals surface area contributed by atoms with E-state index in [9.17, 15) is 4.79 Å². The van der Waals surface area contributed by atoms with E-state index >= 15 is 0 Å². The third-order valence-electron chi connectivity index (χ3n) is 4.15. The average molecular weight is 330 g/mol. The Hall–Kier alpha value is -1.92. The van der Waals surface area contributed by atoms with Gasteiger partial charge in [-0.1, -0.05) is 12.1 Å². The lowest BCUT2D eigenvalue weighted by Gasteiger charge is -2.20. The van der Waals surface area contributed by atoms with Gasteiger partial charge in [-0.05, 0) is 37.5 Å². The van der Waals surface area contributed by atoms with E-state index in [1.54, 1.807) is 5.38 Å². The minimum Gasteiger partial charge on any atom is -0.372 e. The predicted molar refractivity (Wildman–Crippen MR) is 93.8 cm³/mol. The summed E-state index contributed by atoms with van der Waals surface area (Å²) in [5.41, 5.74) is 8.33. The van der Waals surface area contributed by atoms with E-state index in [2.05, 4.69) is 39.5 Å². The molecule has 0 radical (unpaired) electrons. The maximum absolute atomic E-state index is 12.3. The average Bonchev–Trinajstić information content (AvgIpc) is 3.26. The van der Waals surface area contributed by atoms with Gasteiger partial charge < -0.3 is 16.0 Å². The van der Waals surface area contributed by atoms with E-state index in [1.165, 1.54) is 29.9 Å². The van der Waals surface area contributed by atoms with Crippen LogP contribution in [-0.4, -0.2) is 24.0 Å². The fraction of sp³-hybridized carbons (Fsp3) is 0.412. The van der Waals surface area contributed by atoms with Gasteiger partial charge in [0.15, 0.2) is 0 Å². The van der Waals surface area contributed by atoms with Crippen molar-refractivity contribution in [3.8, 4) is 0 Å². The van der Waals surface area contributed by atoms with Crippen molar-refractivity contribution in [2.45, 2.75) is 32.4 Å². The van der Waals surface area contributed by atoms with E-state index < -0.39 is 0 Å². The van der Waals surface area contributed by atoms with Gasteiger partial charge in [-0.3, -0.25) is 4.79 Å².